The van der Waals surface area contributed by atoms with Crippen molar-refractivity contribution in [2.75, 3.05) is 5.32 Å². The summed E-state index contributed by atoms with van der Waals surface area (Å²) in [5.41, 5.74) is 4.46. The maximum atomic E-state index is 12.7. The van der Waals surface area contributed by atoms with Gasteiger partial charge in [0.05, 0.1) is 5.56 Å². The Labute approximate surface area is 163 Å². The Balaban J connectivity index is 1.80. The summed E-state index contributed by atoms with van der Waals surface area (Å²) in [5.74, 6) is 0.956. The number of nitrogens with zero attached hydrogens (tertiary/aromatic N) is 1. The van der Waals surface area contributed by atoms with Crippen LogP contribution >= 0.6 is 11.6 Å². The highest BCUT2D eigenvalue weighted by Gasteiger charge is 2.21. The number of carbonyl (C=O) groups excluding carboxylic acids is 1. The number of hydrogen-bond donors (Lipinski definition) is 1. The number of amides is 1. The minimum absolute atomic E-state index is 0.191. The molecule has 0 fully saturated rings. The Bertz CT molecular complexity index is 995. The first-order chi connectivity index (χ1) is 12.9. The zero-order chi connectivity index (χ0) is 19.6. The Morgan fingerprint density at radius 2 is 1.85 bits per heavy atom. The van der Waals surface area contributed by atoms with Crippen molar-refractivity contribution in [3.8, 4) is 5.75 Å². The summed E-state index contributed by atoms with van der Waals surface area (Å²) < 4.78 is 11.2. The van der Waals surface area contributed by atoms with Gasteiger partial charge in [0.2, 0.25) is 0 Å². The molecule has 140 valence electrons. The van der Waals surface area contributed by atoms with Gasteiger partial charge in [-0.05, 0) is 62.6 Å². The van der Waals surface area contributed by atoms with E-state index in [1.807, 2.05) is 39.0 Å². The van der Waals surface area contributed by atoms with E-state index in [1.165, 1.54) is 0 Å². The van der Waals surface area contributed by atoms with Crippen LogP contribution in [0.5, 0.6) is 5.75 Å². The second kappa shape index (κ2) is 7.84. The molecule has 0 bridgehead atoms. The first-order valence-electron chi connectivity index (χ1n) is 8.59. The topological polar surface area (TPSA) is 64.4 Å². The molecule has 6 heteroatoms. The largest absolute Gasteiger partial charge is 0.488 e. The lowest BCUT2D eigenvalue weighted by atomic mass is 10.1. The number of benzene rings is 2. The minimum Gasteiger partial charge on any atom is -0.488 e. The lowest BCUT2D eigenvalue weighted by molar-refractivity contribution is 0.101. The number of hydrogen-bond acceptors (Lipinski definition) is 4. The molecule has 1 aromatic heterocycles. The summed E-state index contributed by atoms with van der Waals surface area (Å²) in [6.07, 6.45) is 0. The van der Waals surface area contributed by atoms with Crippen molar-refractivity contribution in [2.45, 2.75) is 34.3 Å². The van der Waals surface area contributed by atoms with Crippen molar-refractivity contribution in [3.05, 3.63) is 75.1 Å². The van der Waals surface area contributed by atoms with Crippen LogP contribution in [-0.4, -0.2) is 11.1 Å². The molecule has 0 aliphatic rings. The van der Waals surface area contributed by atoms with Gasteiger partial charge in [-0.25, -0.2) is 0 Å². The molecule has 3 rings (SSSR count). The number of carbonyl (C=O) groups is 1. The molecule has 3 aromatic rings. The summed E-state index contributed by atoms with van der Waals surface area (Å²) in [7, 11) is 0. The lowest BCUT2D eigenvalue weighted by Crippen LogP contribution is -2.16. The van der Waals surface area contributed by atoms with E-state index in [9.17, 15) is 4.79 Å². The third-order valence-corrected chi connectivity index (χ3v) is 5.05. The molecular weight excluding hydrogens is 364 g/mol. The van der Waals surface area contributed by atoms with E-state index in [1.54, 1.807) is 25.1 Å². The van der Waals surface area contributed by atoms with Gasteiger partial charge in [-0.15, -0.1) is 0 Å². The van der Waals surface area contributed by atoms with Gasteiger partial charge in [-0.1, -0.05) is 35.0 Å². The number of aryl methyl sites for hydroxylation is 2. The van der Waals surface area contributed by atoms with Gasteiger partial charge in [0, 0.05) is 10.7 Å². The molecule has 5 nitrogen and oxygen atoms in total. The van der Waals surface area contributed by atoms with E-state index in [0.717, 1.165) is 22.4 Å². The van der Waals surface area contributed by atoms with E-state index in [4.69, 9.17) is 20.9 Å². The number of anilines is 1. The molecule has 27 heavy (non-hydrogen) atoms. The van der Waals surface area contributed by atoms with Gasteiger partial charge in [-0.2, -0.15) is 0 Å². The van der Waals surface area contributed by atoms with Crippen molar-refractivity contribution < 1.29 is 14.1 Å². The predicted molar refractivity (Wildman–Crippen MR) is 106 cm³/mol. The van der Waals surface area contributed by atoms with Crippen LogP contribution in [0, 0.1) is 27.7 Å². The standard InChI is InChI=1S/C21H21ClN2O3/c1-12-7-5-10-19(13(12)2)26-11-16-15(4)27-24-20(16)21(25)23-18-9-6-8-17(22)14(18)3/h5-10H,11H2,1-4H3,(H,23,25). The second-order valence-corrected chi connectivity index (χ2v) is 6.83. The van der Waals surface area contributed by atoms with Crippen molar-refractivity contribution in [1.82, 2.24) is 5.16 Å². The van der Waals surface area contributed by atoms with Crippen LogP contribution in [0.15, 0.2) is 40.9 Å². The number of halogens is 1. The summed E-state index contributed by atoms with van der Waals surface area (Å²) in [6.45, 7) is 7.82. The normalized spacial score (nSPS) is 10.7. The maximum Gasteiger partial charge on any atom is 0.278 e. The molecule has 0 radical (unpaired) electrons. The smallest absolute Gasteiger partial charge is 0.278 e. The van der Waals surface area contributed by atoms with E-state index >= 15 is 0 Å². The molecule has 0 saturated carbocycles. The second-order valence-electron chi connectivity index (χ2n) is 6.42. The minimum atomic E-state index is -0.364. The summed E-state index contributed by atoms with van der Waals surface area (Å²) in [4.78, 5) is 12.7. The Kier molecular flexibility index (Phi) is 5.51. The average Bonchev–Trinajstić information content (AvgIpc) is 3.01. The monoisotopic (exact) mass is 384 g/mol. The number of rotatable bonds is 5. The van der Waals surface area contributed by atoms with Gasteiger partial charge in [0.1, 0.15) is 18.1 Å². The molecule has 0 aliphatic carbocycles. The van der Waals surface area contributed by atoms with E-state index < -0.39 is 0 Å². The SMILES string of the molecule is Cc1cccc(OCc2c(C(=O)Nc3cccc(Cl)c3C)noc2C)c1C. The molecule has 0 atom stereocenters. The lowest BCUT2D eigenvalue weighted by Gasteiger charge is -2.12. The Hall–Kier alpha value is -2.79. The van der Waals surface area contributed by atoms with Crippen LogP contribution < -0.4 is 10.1 Å². The molecular formula is C21H21ClN2O3. The number of nitrogens with one attached hydrogen (secondary N) is 1. The molecule has 0 unspecified atom stereocenters. The van der Waals surface area contributed by atoms with Crippen LogP contribution in [-0.2, 0) is 6.61 Å². The molecule has 1 heterocycles. The third kappa shape index (κ3) is 3.98. The summed E-state index contributed by atoms with van der Waals surface area (Å²) in [5, 5.41) is 7.34. The van der Waals surface area contributed by atoms with Gasteiger partial charge in [-0.3, -0.25) is 4.79 Å². The fourth-order valence-corrected chi connectivity index (χ4v) is 2.87. The van der Waals surface area contributed by atoms with Crippen LogP contribution in [0.2, 0.25) is 5.02 Å². The van der Waals surface area contributed by atoms with Crippen LogP contribution in [0.4, 0.5) is 5.69 Å². The van der Waals surface area contributed by atoms with Gasteiger partial charge < -0.3 is 14.6 Å². The zero-order valence-electron chi connectivity index (χ0n) is 15.7. The highest BCUT2D eigenvalue weighted by atomic mass is 35.5. The quantitative estimate of drug-likeness (QED) is 0.640. The number of ether oxygens (including phenoxy) is 1. The van der Waals surface area contributed by atoms with Crippen molar-refractivity contribution in [1.29, 1.82) is 0 Å². The molecule has 0 spiro atoms. The molecule has 0 aliphatic heterocycles. The van der Waals surface area contributed by atoms with E-state index in [0.29, 0.717) is 22.0 Å². The average molecular weight is 385 g/mol. The predicted octanol–water partition coefficient (Wildman–Crippen LogP) is 5.39. The molecule has 1 N–H and O–H groups in total. The highest BCUT2D eigenvalue weighted by molar-refractivity contribution is 6.31. The fourth-order valence-electron chi connectivity index (χ4n) is 2.69. The number of aromatic nitrogens is 1. The fraction of sp³-hybridized carbons (Fsp3) is 0.238. The van der Waals surface area contributed by atoms with Gasteiger partial charge >= 0.3 is 0 Å². The summed E-state index contributed by atoms with van der Waals surface area (Å²) in [6, 6.07) is 11.2. The Morgan fingerprint density at radius 3 is 2.63 bits per heavy atom. The van der Waals surface area contributed by atoms with Crippen LogP contribution in [0.1, 0.15) is 38.5 Å². The first-order valence-corrected chi connectivity index (χ1v) is 8.97. The van der Waals surface area contributed by atoms with Crippen LogP contribution in [0.25, 0.3) is 0 Å². The Morgan fingerprint density at radius 1 is 1.11 bits per heavy atom. The molecule has 2 aromatic carbocycles. The van der Waals surface area contributed by atoms with Crippen LogP contribution in [0.3, 0.4) is 0 Å². The van der Waals surface area contributed by atoms with Gasteiger partial charge in [0.15, 0.2) is 5.69 Å². The molecule has 1 amide bonds. The zero-order valence-corrected chi connectivity index (χ0v) is 16.5. The van der Waals surface area contributed by atoms with Crippen molar-refractivity contribution >= 4 is 23.2 Å². The van der Waals surface area contributed by atoms with E-state index in [-0.39, 0.29) is 18.2 Å². The van der Waals surface area contributed by atoms with E-state index in [2.05, 4.69) is 10.5 Å². The molecule has 0 saturated heterocycles. The third-order valence-electron chi connectivity index (χ3n) is 4.64. The highest BCUT2D eigenvalue weighted by Crippen LogP contribution is 2.26. The first kappa shape index (κ1) is 19.0. The van der Waals surface area contributed by atoms with Gasteiger partial charge in [0.25, 0.3) is 5.91 Å². The van der Waals surface area contributed by atoms with Crippen molar-refractivity contribution in [2.24, 2.45) is 0 Å². The summed E-state index contributed by atoms with van der Waals surface area (Å²) >= 11 is 6.12. The maximum absolute atomic E-state index is 12.7. The van der Waals surface area contributed by atoms with Crippen molar-refractivity contribution in [3.63, 3.8) is 0 Å².